The van der Waals surface area contributed by atoms with E-state index in [-0.39, 0.29) is 0 Å². The van der Waals surface area contributed by atoms with Gasteiger partial charge >= 0.3 is 0 Å². The number of hydrogen-bond donors (Lipinski definition) is 1. The molecule has 4 nitrogen and oxygen atoms in total. The highest BCUT2D eigenvalue weighted by atomic mass is 15.2. The highest BCUT2D eigenvalue weighted by Crippen LogP contribution is 2.23. The van der Waals surface area contributed by atoms with E-state index in [1.54, 1.807) is 0 Å². The number of rotatable bonds is 5. The molecule has 0 radical (unpaired) electrons. The minimum Gasteiger partial charge on any atom is -0.352 e. The summed E-state index contributed by atoms with van der Waals surface area (Å²) in [6, 6.07) is 2.68. The fourth-order valence-corrected chi connectivity index (χ4v) is 2.90. The number of piperidine rings is 1. The van der Waals surface area contributed by atoms with E-state index in [0.29, 0.717) is 12.0 Å². The van der Waals surface area contributed by atoms with Crippen molar-refractivity contribution in [1.29, 1.82) is 0 Å². The monoisotopic (exact) mass is 276 g/mol. The molecule has 1 aliphatic rings. The molecule has 20 heavy (non-hydrogen) atoms. The van der Waals surface area contributed by atoms with Gasteiger partial charge in [0.1, 0.15) is 11.6 Å². The Morgan fingerprint density at radius 3 is 2.80 bits per heavy atom. The van der Waals surface area contributed by atoms with Crippen molar-refractivity contribution in [2.75, 3.05) is 24.5 Å². The third-order valence-electron chi connectivity index (χ3n) is 3.81. The number of anilines is 1. The first kappa shape index (κ1) is 15.2. The van der Waals surface area contributed by atoms with Gasteiger partial charge in [0.15, 0.2) is 0 Å². The standard InChI is InChI=1S/C16H28N4/c1-12(2)10-17-11-15-7-5-6-8-20(15)16-9-13(3)18-14(4)19-16/h9,12,15,17H,5-8,10-11H2,1-4H3. The summed E-state index contributed by atoms with van der Waals surface area (Å²) in [6.07, 6.45) is 3.85. The first-order valence-electron chi connectivity index (χ1n) is 7.86. The maximum absolute atomic E-state index is 4.64. The maximum Gasteiger partial charge on any atom is 0.132 e. The van der Waals surface area contributed by atoms with E-state index in [1.165, 1.54) is 19.3 Å². The normalized spacial score (nSPS) is 19.6. The molecule has 1 atom stereocenters. The molecular weight excluding hydrogens is 248 g/mol. The minimum absolute atomic E-state index is 0.566. The Morgan fingerprint density at radius 1 is 1.30 bits per heavy atom. The summed E-state index contributed by atoms with van der Waals surface area (Å²) < 4.78 is 0. The largest absolute Gasteiger partial charge is 0.352 e. The van der Waals surface area contributed by atoms with Gasteiger partial charge in [-0.2, -0.15) is 0 Å². The van der Waals surface area contributed by atoms with Gasteiger partial charge < -0.3 is 10.2 Å². The van der Waals surface area contributed by atoms with E-state index in [9.17, 15) is 0 Å². The van der Waals surface area contributed by atoms with Gasteiger partial charge in [-0.05, 0) is 45.6 Å². The second-order valence-electron chi connectivity index (χ2n) is 6.31. The predicted molar refractivity (Wildman–Crippen MR) is 84.2 cm³/mol. The third-order valence-corrected chi connectivity index (χ3v) is 3.81. The quantitative estimate of drug-likeness (QED) is 0.898. The van der Waals surface area contributed by atoms with Gasteiger partial charge in [-0.1, -0.05) is 13.8 Å². The van der Waals surface area contributed by atoms with Crippen LogP contribution < -0.4 is 10.2 Å². The molecule has 1 saturated heterocycles. The summed E-state index contributed by atoms with van der Waals surface area (Å²) in [4.78, 5) is 11.5. The highest BCUT2D eigenvalue weighted by molar-refractivity contribution is 5.41. The summed E-state index contributed by atoms with van der Waals surface area (Å²) in [7, 11) is 0. The Hall–Kier alpha value is -1.16. The Balaban J connectivity index is 2.05. The van der Waals surface area contributed by atoms with E-state index < -0.39 is 0 Å². The molecule has 1 aliphatic heterocycles. The lowest BCUT2D eigenvalue weighted by Crippen LogP contribution is -2.46. The Kier molecular flexibility index (Phi) is 5.35. The average molecular weight is 276 g/mol. The fraction of sp³-hybridized carbons (Fsp3) is 0.750. The topological polar surface area (TPSA) is 41.0 Å². The summed E-state index contributed by atoms with van der Waals surface area (Å²) in [5.41, 5.74) is 1.06. The lowest BCUT2D eigenvalue weighted by atomic mass is 10.0. The molecule has 1 fully saturated rings. The molecule has 4 heteroatoms. The van der Waals surface area contributed by atoms with Crippen LogP contribution in [0, 0.1) is 19.8 Å². The van der Waals surface area contributed by atoms with Gasteiger partial charge in [-0.25, -0.2) is 9.97 Å². The number of nitrogens with zero attached hydrogens (tertiary/aromatic N) is 3. The van der Waals surface area contributed by atoms with Crippen molar-refractivity contribution in [3.8, 4) is 0 Å². The fourth-order valence-electron chi connectivity index (χ4n) is 2.90. The highest BCUT2D eigenvalue weighted by Gasteiger charge is 2.23. The van der Waals surface area contributed by atoms with Crippen molar-refractivity contribution in [2.45, 2.75) is 53.0 Å². The van der Waals surface area contributed by atoms with Crippen LogP contribution in [0.2, 0.25) is 0 Å². The number of hydrogen-bond acceptors (Lipinski definition) is 4. The second-order valence-corrected chi connectivity index (χ2v) is 6.31. The number of nitrogens with one attached hydrogen (secondary N) is 1. The van der Waals surface area contributed by atoms with Crippen LogP contribution in [0.25, 0.3) is 0 Å². The Labute approximate surface area is 123 Å². The van der Waals surface area contributed by atoms with Crippen molar-refractivity contribution in [1.82, 2.24) is 15.3 Å². The van der Waals surface area contributed by atoms with E-state index in [4.69, 9.17) is 0 Å². The smallest absolute Gasteiger partial charge is 0.132 e. The minimum atomic E-state index is 0.566. The van der Waals surface area contributed by atoms with Crippen molar-refractivity contribution in [3.63, 3.8) is 0 Å². The summed E-state index contributed by atoms with van der Waals surface area (Å²) in [5, 5.41) is 3.60. The van der Waals surface area contributed by atoms with Crippen molar-refractivity contribution >= 4 is 5.82 Å². The molecule has 1 aromatic heterocycles. The van der Waals surface area contributed by atoms with E-state index in [2.05, 4.69) is 40.1 Å². The number of aryl methyl sites for hydroxylation is 2. The molecule has 2 rings (SSSR count). The van der Waals surface area contributed by atoms with Gasteiger partial charge in [-0.3, -0.25) is 0 Å². The van der Waals surface area contributed by atoms with E-state index >= 15 is 0 Å². The van der Waals surface area contributed by atoms with Crippen LogP contribution in [-0.4, -0.2) is 35.6 Å². The van der Waals surface area contributed by atoms with E-state index in [1.807, 2.05) is 13.8 Å². The van der Waals surface area contributed by atoms with Gasteiger partial charge in [0.2, 0.25) is 0 Å². The molecule has 0 bridgehead atoms. The van der Waals surface area contributed by atoms with Gasteiger partial charge in [0.25, 0.3) is 0 Å². The van der Waals surface area contributed by atoms with Crippen LogP contribution in [0.1, 0.15) is 44.6 Å². The zero-order valence-corrected chi connectivity index (χ0v) is 13.3. The van der Waals surface area contributed by atoms with Crippen LogP contribution in [-0.2, 0) is 0 Å². The van der Waals surface area contributed by atoms with Crippen molar-refractivity contribution in [2.24, 2.45) is 5.92 Å². The van der Waals surface area contributed by atoms with Gasteiger partial charge in [0.05, 0.1) is 0 Å². The molecule has 0 aromatic carbocycles. The molecule has 1 N–H and O–H groups in total. The summed E-state index contributed by atoms with van der Waals surface area (Å²) in [5.74, 6) is 2.68. The molecule has 1 unspecified atom stereocenters. The first-order valence-corrected chi connectivity index (χ1v) is 7.86. The molecule has 2 heterocycles. The SMILES string of the molecule is Cc1cc(N2CCCCC2CNCC(C)C)nc(C)n1. The Morgan fingerprint density at radius 2 is 2.10 bits per heavy atom. The van der Waals surface area contributed by atoms with Gasteiger partial charge in [0, 0.05) is 30.9 Å². The van der Waals surface area contributed by atoms with Crippen LogP contribution in [0.4, 0.5) is 5.82 Å². The van der Waals surface area contributed by atoms with Crippen LogP contribution >= 0.6 is 0 Å². The third kappa shape index (κ3) is 4.17. The maximum atomic E-state index is 4.64. The lowest BCUT2D eigenvalue weighted by molar-refractivity contribution is 0.420. The summed E-state index contributed by atoms with van der Waals surface area (Å²) in [6.45, 7) is 11.8. The number of aromatic nitrogens is 2. The van der Waals surface area contributed by atoms with Gasteiger partial charge in [-0.15, -0.1) is 0 Å². The zero-order valence-electron chi connectivity index (χ0n) is 13.3. The molecule has 0 amide bonds. The van der Waals surface area contributed by atoms with Crippen LogP contribution in [0.5, 0.6) is 0 Å². The molecule has 0 aliphatic carbocycles. The first-order chi connectivity index (χ1) is 9.56. The average Bonchev–Trinajstić information content (AvgIpc) is 2.37. The zero-order chi connectivity index (χ0) is 14.5. The lowest BCUT2D eigenvalue weighted by Gasteiger charge is -2.37. The van der Waals surface area contributed by atoms with E-state index in [0.717, 1.165) is 37.0 Å². The van der Waals surface area contributed by atoms with Crippen molar-refractivity contribution < 1.29 is 0 Å². The predicted octanol–water partition coefficient (Wildman–Crippen LogP) is 2.70. The molecule has 0 spiro atoms. The summed E-state index contributed by atoms with van der Waals surface area (Å²) >= 11 is 0. The molecule has 0 saturated carbocycles. The molecular formula is C16H28N4. The Bertz CT molecular complexity index is 410. The molecule has 112 valence electrons. The van der Waals surface area contributed by atoms with Crippen molar-refractivity contribution in [3.05, 3.63) is 17.6 Å². The van der Waals surface area contributed by atoms with Crippen LogP contribution in [0.15, 0.2) is 6.07 Å². The molecule has 1 aromatic rings. The second kappa shape index (κ2) is 7.02. The van der Waals surface area contributed by atoms with Crippen LogP contribution in [0.3, 0.4) is 0 Å².